The molecular formula is C33H39NO8Si. The summed E-state index contributed by atoms with van der Waals surface area (Å²) in [5.41, 5.74) is 1.56. The number of carbonyl (C=O) groups is 2. The first-order valence-corrected chi connectivity index (χ1v) is 17.2. The van der Waals surface area contributed by atoms with Crippen molar-refractivity contribution in [2.75, 3.05) is 13.6 Å². The molecule has 2 aliphatic rings. The van der Waals surface area contributed by atoms with E-state index < -0.39 is 25.9 Å². The number of alkyl carbamates (subject to hydrolysis) is 1. The summed E-state index contributed by atoms with van der Waals surface area (Å²) in [5.74, 6) is 2.25. The molecule has 0 aromatic heterocycles. The first-order chi connectivity index (χ1) is 20.4. The van der Waals surface area contributed by atoms with Gasteiger partial charge in [0.15, 0.2) is 31.3 Å². The zero-order valence-electron chi connectivity index (χ0n) is 25.5. The molecule has 3 aromatic rings. The fourth-order valence-electron chi connectivity index (χ4n) is 4.99. The van der Waals surface area contributed by atoms with Gasteiger partial charge in [0.1, 0.15) is 12.9 Å². The van der Waals surface area contributed by atoms with Gasteiger partial charge in [-0.05, 0) is 59.9 Å². The van der Waals surface area contributed by atoms with Crippen LogP contribution in [0.25, 0.3) is 0 Å². The molecule has 0 radical (unpaired) electrons. The lowest BCUT2D eigenvalue weighted by Crippen LogP contribution is -2.44. The van der Waals surface area contributed by atoms with Crippen LogP contribution < -0.4 is 24.3 Å². The van der Waals surface area contributed by atoms with Gasteiger partial charge >= 0.3 is 6.09 Å². The molecule has 5 rings (SSSR count). The lowest BCUT2D eigenvalue weighted by atomic mass is 9.72. The van der Waals surface area contributed by atoms with Crippen molar-refractivity contribution >= 4 is 20.7 Å². The maximum absolute atomic E-state index is 13.3. The van der Waals surface area contributed by atoms with E-state index in [1.165, 1.54) is 0 Å². The van der Waals surface area contributed by atoms with Crippen LogP contribution in [0.3, 0.4) is 0 Å². The Morgan fingerprint density at radius 3 is 2.30 bits per heavy atom. The highest BCUT2D eigenvalue weighted by atomic mass is 28.4. The van der Waals surface area contributed by atoms with Gasteiger partial charge in [0, 0.05) is 5.56 Å². The Labute approximate surface area is 253 Å². The summed E-state index contributed by atoms with van der Waals surface area (Å²) < 4.78 is 35.0. The first-order valence-electron chi connectivity index (χ1n) is 14.3. The molecule has 9 nitrogen and oxygen atoms in total. The van der Waals surface area contributed by atoms with E-state index in [-0.39, 0.29) is 31.8 Å². The van der Waals surface area contributed by atoms with Crippen LogP contribution >= 0.6 is 0 Å². The van der Waals surface area contributed by atoms with Crippen molar-refractivity contribution in [2.24, 2.45) is 0 Å². The molecule has 2 heterocycles. The standard InChI is InChI=1S/C33H39NO8Si/c1-32(2,3)43(5,6)42-18-24-25(13-15-27-29(24)41-21-39-27)33(4,19-35)30(23-12-14-26-28(16-23)40-20-38-26)34-31(36)37-17-22-10-8-7-9-11-22/h7-16,19,30H,17-18,20-21H2,1-6H3,(H,34,36)/t30-,33-/m1/s1. The Hall–Kier alpha value is -4.02. The van der Waals surface area contributed by atoms with Crippen LogP contribution in [-0.2, 0) is 32.6 Å². The average Bonchev–Trinajstić information content (AvgIpc) is 3.66. The van der Waals surface area contributed by atoms with E-state index in [1.54, 1.807) is 25.1 Å². The van der Waals surface area contributed by atoms with Crippen LogP contribution in [0.15, 0.2) is 60.7 Å². The van der Waals surface area contributed by atoms with Crippen LogP contribution in [0.4, 0.5) is 4.79 Å². The molecule has 0 bridgehead atoms. The second-order valence-corrected chi connectivity index (χ2v) is 17.3. The number of carbonyl (C=O) groups excluding carboxylic acids is 2. The zero-order chi connectivity index (χ0) is 30.8. The van der Waals surface area contributed by atoms with Gasteiger partial charge in [-0.3, -0.25) is 0 Å². The number of rotatable bonds is 10. The Kier molecular flexibility index (Phi) is 8.44. The largest absolute Gasteiger partial charge is 0.454 e. The van der Waals surface area contributed by atoms with Gasteiger partial charge in [0.05, 0.1) is 18.1 Å². The smallest absolute Gasteiger partial charge is 0.407 e. The Bertz CT molecular complexity index is 1490. The van der Waals surface area contributed by atoms with Gasteiger partial charge in [-0.1, -0.05) is 63.2 Å². The zero-order valence-corrected chi connectivity index (χ0v) is 26.5. The third-order valence-corrected chi connectivity index (χ3v) is 13.1. The van der Waals surface area contributed by atoms with Gasteiger partial charge in [0.2, 0.25) is 13.6 Å². The molecule has 3 aromatic carbocycles. The number of hydrogen-bond acceptors (Lipinski definition) is 8. The second-order valence-electron chi connectivity index (χ2n) is 12.5. The number of benzene rings is 3. The second kappa shape index (κ2) is 11.9. The highest BCUT2D eigenvalue weighted by Crippen LogP contribution is 2.47. The quantitative estimate of drug-likeness (QED) is 0.199. The first kappa shape index (κ1) is 30.4. The van der Waals surface area contributed by atoms with Crippen LogP contribution in [0.2, 0.25) is 18.1 Å². The summed E-state index contributed by atoms with van der Waals surface area (Å²) in [5, 5.41) is 2.95. The molecule has 43 heavy (non-hydrogen) atoms. The average molecular weight is 606 g/mol. The summed E-state index contributed by atoms with van der Waals surface area (Å²) in [6.07, 6.45) is 0.187. The third kappa shape index (κ3) is 6.21. The molecule has 10 heteroatoms. The number of hydrogen-bond donors (Lipinski definition) is 1. The van der Waals surface area contributed by atoms with E-state index in [1.807, 2.05) is 42.5 Å². The minimum absolute atomic E-state index is 0.0322. The number of aldehydes is 1. The summed E-state index contributed by atoms with van der Waals surface area (Å²) >= 11 is 0. The maximum Gasteiger partial charge on any atom is 0.407 e. The molecule has 0 unspecified atom stereocenters. The van der Waals surface area contributed by atoms with Crippen molar-refractivity contribution < 1.29 is 37.7 Å². The van der Waals surface area contributed by atoms with Crippen LogP contribution in [0.1, 0.15) is 56.0 Å². The lowest BCUT2D eigenvalue weighted by molar-refractivity contribution is -0.113. The Balaban J connectivity index is 1.55. The molecule has 0 aliphatic carbocycles. The summed E-state index contributed by atoms with van der Waals surface area (Å²) in [6, 6.07) is 17.6. The normalized spacial score (nSPS) is 15.9. The minimum atomic E-state index is -2.19. The van der Waals surface area contributed by atoms with E-state index in [0.29, 0.717) is 39.7 Å². The molecule has 0 saturated carbocycles. The van der Waals surface area contributed by atoms with Gasteiger partial charge in [-0.15, -0.1) is 0 Å². The molecule has 2 aliphatic heterocycles. The maximum atomic E-state index is 13.3. The van der Waals surface area contributed by atoms with Crippen molar-refractivity contribution in [2.45, 2.75) is 70.5 Å². The van der Waals surface area contributed by atoms with E-state index in [2.05, 4.69) is 39.2 Å². The molecule has 0 fully saturated rings. The topological polar surface area (TPSA) is 102 Å². The Morgan fingerprint density at radius 2 is 1.58 bits per heavy atom. The predicted molar refractivity (Wildman–Crippen MR) is 163 cm³/mol. The van der Waals surface area contributed by atoms with Crippen LogP contribution in [0.5, 0.6) is 23.0 Å². The number of amides is 1. The Morgan fingerprint density at radius 1 is 0.907 bits per heavy atom. The van der Waals surface area contributed by atoms with Crippen molar-refractivity contribution in [1.29, 1.82) is 0 Å². The molecule has 0 spiro atoms. The molecule has 1 N–H and O–H groups in total. The minimum Gasteiger partial charge on any atom is -0.454 e. The van der Waals surface area contributed by atoms with Crippen molar-refractivity contribution in [3.8, 4) is 23.0 Å². The molecule has 228 valence electrons. The number of ether oxygens (including phenoxy) is 5. The van der Waals surface area contributed by atoms with Crippen molar-refractivity contribution in [3.05, 3.63) is 82.9 Å². The highest BCUT2D eigenvalue weighted by molar-refractivity contribution is 6.74. The molecule has 0 saturated heterocycles. The van der Waals surface area contributed by atoms with Crippen LogP contribution in [-0.4, -0.2) is 34.3 Å². The van der Waals surface area contributed by atoms with Gasteiger partial charge < -0.3 is 38.2 Å². The molecule has 2 atom stereocenters. The summed E-state index contributed by atoms with van der Waals surface area (Å²) in [7, 11) is -2.19. The molecule has 1 amide bonds. The van der Waals surface area contributed by atoms with Crippen molar-refractivity contribution in [1.82, 2.24) is 5.32 Å². The van der Waals surface area contributed by atoms with Gasteiger partial charge in [0.25, 0.3) is 0 Å². The SMILES string of the molecule is CC(C)(C)[Si](C)(C)OCc1c([C@@](C)(C=O)[C@H](NC(=O)OCc2ccccc2)c2ccc3c(c2)OCO3)ccc2c1OCO2. The fraction of sp³-hybridized carbons (Fsp3) is 0.394. The van der Waals surface area contributed by atoms with Gasteiger partial charge in [-0.25, -0.2) is 4.79 Å². The highest BCUT2D eigenvalue weighted by Gasteiger charge is 2.43. The monoisotopic (exact) mass is 605 g/mol. The fourth-order valence-corrected chi connectivity index (χ4v) is 5.93. The number of nitrogens with one attached hydrogen (secondary N) is 1. The lowest BCUT2D eigenvalue weighted by Gasteiger charge is -2.38. The van der Waals surface area contributed by atoms with E-state index in [9.17, 15) is 9.59 Å². The van der Waals surface area contributed by atoms with Crippen LogP contribution in [0, 0.1) is 0 Å². The summed E-state index contributed by atoms with van der Waals surface area (Å²) in [4.78, 5) is 26.6. The molecular weight excluding hydrogens is 566 g/mol. The van der Waals surface area contributed by atoms with E-state index >= 15 is 0 Å². The van der Waals surface area contributed by atoms with E-state index in [0.717, 1.165) is 11.8 Å². The van der Waals surface area contributed by atoms with Gasteiger partial charge in [-0.2, -0.15) is 0 Å². The van der Waals surface area contributed by atoms with E-state index in [4.69, 9.17) is 28.1 Å². The number of fused-ring (bicyclic) bond motifs is 2. The van der Waals surface area contributed by atoms with Crippen molar-refractivity contribution in [3.63, 3.8) is 0 Å². The third-order valence-electron chi connectivity index (χ3n) is 8.66. The predicted octanol–water partition coefficient (Wildman–Crippen LogP) is 6.79. The summed E-state index contributed by atoms with van der Waals surface area (Å²) in [6.45, 7) is 13.1.